The second kappa shape index (κ2) is 7.42. The molecule has 2 aromatic heterocycles. The number of aromatic nitrogens is 4. The first-order valence-corrected chi connectivity index (χ1v) is 12.2. The molecule has 3 heterocycles. The number of nitrogen functional groups attached to an aromatic ring is 2. The number of para-hydroxylation sites is 1. The van der Waals surface area contributed by atoms with E-state index in [0.29, 0.717) is 28.5 Å². The number of sulfonamides is 1. The molecule has 34 heavy (non-hydrogen) atoms. The fourth-order valence-corrected chi connectivity index (χ4v) is 6.46. The SMILES string of the molecule is Nc1nc(N)c2cnn(C3Cc4ccccc4N(S(=O)(=O)c4cccc5ccccc45)C3)c2n1. The summed E-state index contributed by atoms with van der Waals surface area (Å²) < 4.78 is 31.3. The Balaban J connectivity index is 1.52. The molecule has 0 saturated heterocycles. The van der Waals surface area contributed by atoms with Crippen LogP contribution < -0.4 is 15.8 Å². The predicted molar refractivity (Wildman–Crippen MR) is 132 cm³/mol. The third-order valence-corrected chi connectivity index (χ3v) is 8.09. The number of anilines is 3. The molecule has 1 atom stereocenters. The van der Waals surface area contributed by atoms with Gasteiger partial charge in [0.15, 0.2) is 5.65 Å². The highest BCUT2D eigenvalue weighted by molar-refractivity contribution is 7.93. The van der Waals surface area contributed by atoms with Crippen molar-refractivity contribution < 1.29 is 8.42 Å². The van der Waals surface area contributed by atoms with Gasteiger partial charge in [-0.2, -0.15) is 15.1 Å². The summed E-state index contributed by atoms with van der Waals surface area (Å²) in [6.45, 7) is 0.184. The van der Waals surface area contributed by atoms with Crippen molar-refractivity contribution in [3.8, 4) is 0 Å². The highest BCUT2D eigenvalue weighted by atomic mass is 32.2. The Kier molecular flexibility index (Phi) is 4.46. The van der Waals surface area contributed by atoms with Crippen LogP contribution in [-0.2, 0) is 16.4 Å². The minimum absolute atomic E-state index is 0.0446. The quantitative estimate of drug-likeness (QED) is 0.413. The topological polar surface area (TPSA) is 133 Å². The van der Waals surface area contributed by atoms with E-state index in [1.807, 2.05) is 54.6 Å². The number of nitrogens with zero attached hydrogens (tertiary/aromatic N) is 5. The van der Waals surface area contributed by atoms with Crippen LogP contribution in [0.2, 0.25) is 0 Å². The monoisotopic (exact) mass is 471 g/mol. The molecule has 0 bridgehead atoms. The van der Waals surface area contributed by atoms with Crippen molar-refractivity contribution in [2.75, 3.05) is 22.3 Å². The summed E-state index contributed by atoms with van der Waals surface area (Å²) in [6.07, 6.45) is 2.17. The van der Waals surface area contributed by atoms with Gasteiger partial charge in [0.2, 0.25) is 5.95 Å². The molecule has 170 valence electrons. The lowest BCUT2D eigenvalue weighted by molar-refractivity contribution is 0.456. The van der Waals surface area contributed by atoms with E-state index in [0.717, 1.165) is 10.9 Å². The van der Waals surface area contributed by atoms with Gasteiger partial charge in [-0.15, -0.1) is 0 Å². The van der Waals surface area contributed by atoms with E-state index in [-0.39, 0.29) is 29.2 Å². The van der Waals surface area contributed by atoms with Crippen LogP contribution in [0.4, 0.5) is 17.5 Å². The van der Waals surface area contributed by atoms with E-state index >= 15 is 0 Å². The van der Waals surface area contributed by atoms with E-state index in [4.69, 9.17) is 11.5 Å². The van der Waals surface area contributed by atoms with Gasteiger partial charge in [0, 0.05) is 5.39 Å². The van der Waals surface area contributed by atoms with E-state index in [2.05, 4.69) is 15.1 Å². The van der Waals surface area contributed by atoms with Crippen LogP contribution in [0, 0.1) is 0 Å². The van der Waals surface area contributed by atoms with Crippen LogP contribution in [0.5, 0.6) is 0 Å². The Morgan fingerprint density at radius 2 is 1.65 bits per heavy atom. The van der Waals surface area contributed by atoms with E-state index in [9.17, 15) is 8.42 Å². The first-order chi connectivity index (χ1) is 16.4. The molecule has 0 spiro atoms. The van der Waals surface area contributed by atoms with Crippen LogP contribution in [0.25, 0.3) is 21.8 Å². The molecule has 10 heteroatoms. The van der Waals surface area contributed by atoms with Crippen molar-refractivity contribution in [3.63, 3.8) is 0 Å². The summed E-state index contributed by atoms with van der Waals surface area (Å²) >= 11 is 0. The molecule has 0 fully saturated rings. The van der Waals surface area contributed by atoms with Gasteiger partial charge in [-0.25, -0.2) is 13.1 Å². The van der Waals surface area contributed by atoms with Gasteiger partial charge in [-0.1, -0.05) is 54.6 Å². The molecule has 0 amide bonds. The Morgan fingerprint density at radius 1 is 0.882 bits per heavy atom. The van der Waals surface area contributed by atoms with Crippen LogP contribution in [0.1, 0.15) is 11.6 Å². The summed E-state index contributed by atoms with van der Waals surface area (Å²) in [4.78, 5) is 8.60. The number of hydrogen-bond acceptors (Lipinski definition) is 7. The van der Waals surface area contributed by atoms with Gasteiger partial charge in [0.1, 0.15) is 5.82 Å². The van der Waals surface area contributed by atoms with Gasteiger partial charge >= 0.3 is 0 Å². The molecule has 4 N–H and O–H groups in total. The molecule has 0 radical (unpaired) electrons. The molecule has 3 aromatic carbocycles. The molecule has 0 saturated carbocycles. The van der Waals surface area contributed by atoms with E-state index < -0.39 is 10.0 Å². The largest absolute Gasteiger partial charge is 0.383 e. The second-order valence-electron chi connectivity index (χ2n) is 8.29. The number of fused-ring (bicyclic) bond motifs is 3. The molecular formula is C24H21N7O2S. The fraction of sp³-hybridized carbons (Fsp3) is 0.125. The van der Waals surface area contributed by atoms with Gasteiger partial charge in [-0.3, -0.25) is 4.31 Å². The molecular weight excluding hydrogens is 450 g/mol. The third kappa shape index (κ3) is 3.06. The normalized spacial score (nSPS) is 16.1. The van der Waals surface area contributed by atoms with Crippen molar-refractivity contribution in [2.24, 2.45) is 0 Å². The zero-order chi connectivity index (χ0) is 23.4. The maximum absolute atomic E-state index is 14.1. The number of nitrogens with two attached hydrogens (primary N) is 2. The second-order valence-corrected chi connectivity index (χ2v) is 10.1. The Hall–Kier alpha value is -4.18. The molecule has 1 aliphatic rings. The summed E-state index contributed by atoms with van der Waals surface area (Å²) in [5, 5.41) is 6.62. The molecule has 9 nitrogen and oxygen atoms in total. The zero-order valence-corrected chi connectivity index (χ0v) is 18.9. The van der Waals surface area contributed by atoms with Crippen LogP contribution in [-0.4, -0.2) is 34.7 Å². The van der Waals surface area contributed by atoms with Crippen LogP contribution in [0.3, 0.4) is 0 Å². The van der Waals surface area contributed by atoms with Crippen molar-refractivity contribution in [3.05, 3.63) is 78.5 Å². The van der Waals surface area contributed by atoms with Crippen LogP contribution >= 0.6 is 0 Å². The summed E-state index contributed by atoms with van der Waals surface area (Å²) in [6, 6.07) is 20.0. The first-order valence-electron chi connectivity index (χ1n) is 10.8. The van der Waals surface area contributed by atoms with Crippen molar-refractivity contribution in [1.82, 2.24) is 19.7 Å². The lowest BCUT2D eigenvalue weighted by Crippen LogP contribution is -2.41. The Bertz CT molecular complexity index is 1670. The van der Waals surface area contributed by atoms with Crippen LogP contribution in [0.15, 0.2) is 77.8 Å². The van der Waals surface area contributed by atoms with Gasteiger partial charge in [-0.05, 0) is 29.5 Å². The van der Waals surface area contributed by atoms with Crippen molar-refractivity contribution >= 4 is 49.3 Å². The highest BCUT2D eigenvalue weighted by Gasteiger charge is 2.35. The maximum atomic E-state index is 14.1. The third-order valence-electron chi connectivity index (χ3n) is 6.26. The fourth-order valence-electron chi connectivity index (χ4n) is 4.70. The van der Waals surface area contributed by atoms with E-state index in [1.54, 1.807) is 23.0 Å². The minimum atomic E-state index is -3.89. The summed E-state index contributed by atoms with van der Waals surface area (Å²) in [7, 11) is -3.89. The Labute approximate surface area is 195 Å². The lowest BCUT2D eigenvalue weighted by Gasteiger charge is -2.35. The smallest absolute Gasteiger partial charge is 0.265 e. The summed E-state index contributed by atoms with van der Waals surface area (Å²) in [5.74, 6) is 0.286. The van der Waals surface area contributed by atoms with Gasteiger partial charge < -0.3 is 11.5 Å². The lowest BCUT2D eigenvalue weighted by atomic mass is 10.00. The van der Waals surface area contributed by atoms with E-state index in [1.165, 1.54) is 4.31 Å². The van der Waals surface area contributed by atoms with Crippen molar-refractivity contribution in [1.29, 1.82) is 0 Å². The Morgan fingerprint density at radius 3 is 2.53 bits per heavy atom. The number of hydrogen-bond donors (Lipinski definition) is 2. The van der Waals surface area contributed by atoms with Gasteiger partial charge in [0.05, 0.1) is 34.8 Å². The average molecular weight is 472 g/mol. The van der Waals surface area contributed by atoms with Crippen molar-refractivity contribution in [2.45, 2.75) is 17.4 Å². The number of benzene rings is 3. The molecule has 0 aliphatic carbocycles. The molecule has 1 unspecified atom stereocenters. The van der Waals surface area contributed by atoms with Gasteiger partial charge in [0.25, 0.3) is 10.0 Å². The summed E-state index contributed by atoms with van der Waals surface area (Å²) in [5.41, 5.74) is 13.9. The molecule has 1 aliphatic heterocycles. The highest BCUT2D eigenvalue weighted by Crippen LogP contribution is 2.38. The maximum Gasteiger partial charge on any atom is 0.265 e. The predicted octanol–water partition coefficient (Wildman–Crippen LogP) is 3.14. The zero-order valence-electron chi connectivity index (χ0n) is 18.0. The standard InChI is InChI=1S/C24H21N7O2S/c25-22-19-13-27-31(23(19)29-24(26)28-22)17-12-16-7-2-4-10-20(16)30(14-17)34(32,33)21-11-5-8-15-6-1-3-9-18(15)21/h1-11,13,17H,12,14H2,(H4,25,26,28,29). The molecule has 6 rings (SSSR count). The average Bonchev–Trinajstić information content (AvgIpc) is 3.27. The first kappa shape index (κ1) is 20.4. The number of rotatable bonds is 3. The minimum Gasteiger partial charge on any atom is -0.383 e. The molecule has 5 aromatic rings.